The number of nitrogens with one attached hydrogen (secondary N) is 1. The van der Waals surface area contributed by atoms with Crippen LogP contribution in [0.2, 0.25) is 0 Å². The SMILES string of the molecule is CCCCC/C=C\CCCCCCCC(=O)OCCCCCCCCCCC/C=C\C/C=C\CCCCCCCCCC(=O)NC(COC1OC(CO)C(O)C(O)C1O)C(O)/C=C/CCCCCCCCCCCCCCC. The summed E-state index contributed by atoms with van der Waals surface area (Å²) in [6, 6.07) is -0.819. The van der Waals surface area contributed by atoms with Crippen LogP contribution in [0.5, 0.6) is 0 Å². The number of rotatable bonds is 57. The minimum Gasteiger partial charge on any atom is -0.466 e. The summed E-state index contributed by atoms with van der Waals surface area (Å²) in [6.45, 7) is 4.32. The van der Waals surface area contributed by atoms with Gasteiger partial charge in [-0.15, -0.1) is 0 Å². The van der Waals surface area contributed by atoms with E-state index in [-0.39, 0.29) is 18.5 Å². The van der Waals surface area contributed by atoms with Crippen LogP contribution in [0.1, 0.15) is 303 Å². The van der Waals surface area contributed by atoms with Crippen molar-refractivity contribution in [2.24, 2.45) is 0 Å². The number of ether oxygens (including phenoxy) is 3. The Kier molecular flexibility index (Phi) is 53.3. The van der Waals surface area contributed by atoms with Crippen LogP contribution in [-0.2, 0) is 23.8 Å². The Bertz CT molecular complexity index is 1430. The zero-order valence-corrected chi connectivity index (χ0v) is 50.4. The highest BCUT2D eigenvalue weighted by molar-refractivity contribution is 5.76. The van der Waals surface area contributed by atoms with Crippen molar-refractivity contribution in [2.45, 2.75) is 346 Å². The van der Waals surface area contributed by atoms with Crippen LogP contribution in [0.4, 0.5) is 0 Å². The minimum atomic E-state index is -1.58. The van der Waals surface area contributed by atoms with Gasteiger partial charge < -0.3 is 45.1 Å². The Morgan fingerprint density at radius 3 is 1.33 bits per heavy atom. The first-order valence-electron chi connectivity index (χ1n) is 32.9. The van der Waals surface area contributed by atoms with Gasteiger partial charge in [0.05, 0.1) is 32.0 Å². The average Bonchev–Trinajstić information content (AvgIpc) is 3.45. The van der Waals surface area contributed by atoms with Gasteiger partial charge in [0, 0.05) is 12.8 Å². The van der Waals surface area contributed by atoms with Gasteiger partial charge in [0.2, 0.25) is 5.91 Å². The van der Waals surface area contributed by atoms with E-state index in [1.807, 2.05) is 6.08 Å². The Balaban J connectivity index is 2.09. The fourth-order valence-corrected chi connectivity index (χ4v) is 10.2. The van der Waals surface area contributed by atoms with Gasteiger partial charge in [-0.05, 0) is 89.9 Å². The van der Waals surface area contributed by atoms with Crippen molar-refractivity contribution < 1.29 is 49.3 Å². The van der Waals surface area contributed by atoms with Crippen LogP contribution in [0, 0.1) is 0 Å². The topological polar surface area (TPSA) is 175 Å². The van der Waals surface area contributed by atoms with E-state index in [4.69, 9.17) is 14.2 Å². The summed E-state index contributed by atoms with van der Waals surface area (Å²) in [5, 5.41) is 54.5. The van der Waals surface area contributed by atoms with E-state index in [0.29, 0.717) is 19.4 Å². The first-order valence-corrected chi connectivity index (χ1v) is 32.9. The molecule has 6 N–H and O–H groups in total. The van der Waals surface area contributed by atoms with Gasteiger partial charge in [0.1, 0.15) is 24.4 Å². The lowest BCUT2D eigenvalue weighted by molar-refractivity contribution is -0.302. The lowest BCUT2D eigenvalue weighted by Gasteiger charge is -2.40. The van der Waals surface area contributed by atoms with E-state index >= 15 is 0 Å². The normalized spacial score (nSPS) is 18.8. The molecule has 0 aromatic heterocycles. The summed E-state index contributed by atoms with van der Waals surface area (Å²) in [5.41, 5.74) is 0. The van der Waals surface area contributed by atoms with Crippen molar-refractivity contribution in [2.75, 3.05) is 19.8 Å². The minimum absolute atomic E-state index is 0.0150. The lowest BCUT2D eigenvalue weighted by Crippen LogP contribution is -2.60. The fraction of sp³-hybridized carbons (Fsp3) is 0.851. The smallest absolute Gasteiger partial charge is 0.305 e. The molecular weight excluding hydrogens is 979 g/mol. The summed E-state index contributed by atoms with van der Waals surface area (Å²) >= 11 is 0. The Morgan fingerprint density at radius 1 is 0.474 bits per heavy atom. The Hall–Kier alpha value is -2.38. The highest BCUT2D eigenvalue weighted by atomic mass is 16.7. The number of allylic oxidation sites excluding steroid dienone is 7. The maximum Gasteiger partial charge on any atom is 0.305 e. The van der Waals surface area contributed by atoms with Crippen LogP contribution >= 0.6 is 0 Å². The highest BCUT2D eigenvalue weighted by Crippen LogP contribution is 2.23. The van der Waals surface area contributed by atoms with Crippen LogP contribution < -0.4 is 5.32 Å². The summed E-state index contributed by atoms with van der Waals surface area (Å²) in [7, 11) is 0. The quantitative estimate of drug-likeness (QED) is 0.0195. The molecule has 1 amide bonds. The van der Waals surface area contributed by atoms with Crippen molar-refractivity contribution >= 4 is 11.9 Å². The summed E-state index contributed by atoms with van der Waals surface area (Å²) in [4.78, 5) is 25.1. The number of carbonyl (C=O) groups excluding carboxylic acids is 2. The maximum atomic E-state index is 13.1. The van der Waals surface area contributed by atoms with Crippen molar-refractivity contribution in [1.82, 2.24) is 5.32 Å². The zero-order chi connectivity index (χ0) is 56.6. The number of unbranched alkanes of at least 4 members (excludes halogenated alkanes) is 37. The third kappa shape index (κ3) is 45.3. The largest absolute Gasteiger partial charge is 0.466 e. The molecule has 0 saturated carbocycles. The van der Waals surface area contributed by atoms with Gasteiger partial charge in [-0.3, -0.25) is 9.59 Å². The summed E-state index contributed by atoms with van der Waals surface area (Å²) in [5.74, 6) is -0.206. The molecule has 0 bridgehead atoms. The van der Waals surface area contributed by atoms with Crippen molar-refractivity contribution in [3.63, 3.8) is 0 Å². The van der Waals surface area contributed by atoms with E-state index in [9.17, 15) is 35.1 Å². The molecule has 0 aromatic rings. The second-order valence-electron chi connectivity index (χ2n) is 22.8. The van der Waals surface area contributed by atoms with Gasteiger partial charge >= 0.3 is 5.97 Å². The summed E-state index contributed by atoms with van der Waals surface area (Å²) < 4.78 is 16.7. The zero-order valence-electron chi connectivity index (χ0n) is 50.4. The van der Waals surface area contributed by atoms with Gasteiger partial charge in [0.25, 0.3) is 0 Å². The number of amides is 1. The average molecular weight is 1100 g/mol. The molecule has 1 fully saturated rings. The van der Waals surface area contributed by atoms with Crippen LogP contribution in [0.3, 0.4) is 0 Å². The van der Waals surface area contributed by atoms with Gasteiger partial charge in [-0.25, -0.2) is 0 Å². The van der Waals surface area contributed by atoms with E-state index in [0.717, 1.165) is 83.5 Å². The molecule has 78 heavy (non-hydrogen) atoms. The number of hydrogen-bond acceptors (Lipinski definition) is 10. The third-order valence-corrected chi connectivity index (χ3v) is 15.4. The van der Waals surface area contributed by atoms with E-state index in [1.165, 1.54) is 193 Å². The number of hydrogen-bond donors (Lipinski definition) is 6. The van der Waals surface area contributed by atoms with Gasteiger partial charge in [-0.2, -0.15) is 0 Å². The standard InChI is InChI=1S/C67H123NO10/c1-3-5-7-9-11-13-15-17-27-30-33-37-41-45-49-53-60(70)59(58-77-67-66(75)65(74)64(73)61(57-69)78-67)68-62(71)54-50-46-42-38-34-31-28-25-23-21-19-18-20-22-24-26-29-32-36-40-44-48-52-56-76-63(72)55-51-47-43-39-35-16-14-12-10-8-6-4-2/h12,14,18,20-21,23,49,53,59-61,64-67,69-70,73-75H,3-11,13,15-17,19,22,24-48,50-52,54-58H2,1-2H3,(H,68,71)/b14-12-,20-18-,23-21-,53-49+. The molecule has 1 aliphatic heterocycles. The molecule has 1 aliphatic rings. The Morgan fingerprint density at radius 2 is 0.859 bits per heavy atom. The number of carbonyl (C=O) groups is 2. The van der Waals surface area contributed by atoms with Gasteiger partial charge in [-0.1, -0.05) is 249 Å². The molecule has 1 saturated heterocycles. The molecule has 0 aliphatic carbocycles. The molecule has 0 radical (unpaired) electrons. The predicted molar refractivity (Wildman–Crippen MR) is 324 cm³/mol. The first-order chi connectivity index (χ1) is 38.2. The van der Waals surface area contributed by atoms with Crippen LogP contribution in [-0.4, -0.2) is 100 Å². The van der Waals surface area contributed by atoms with Crippen molar-refractivity contribution in [3.05, 3.63) is 48.6 Å². The third-order valence-electron chi connectivity index (χ3n) is 15.4. The van der Waals surface area contributed by atoms with Crippen LogP contribution in [0.15, 0.2) is 48.6 Å². The molecule has 7 atom stereocenters. The molecule has 456 valence electrons. The second kappa shape index (κ2) is 56.5. The monoisotopic (exact) mass is 1100 g/mol. The lowest BCUT2D eigenvalue weighted by atomic mass is 9.99. The van der Waals surface area contributed by atoms with Crippen LogP contribution in [0.25, 0.3) is 0 Å². The molecule has 7 unspecified atom stereocenters. The predicted octanol–water partition coefficient (Wildman–Crippen LogP) is 16.0. The Labute approximate surface area is 478 Å². The molecule has 0 aromatic carbocycles. The highest BCUT2D eigenvalue weighted by Gasteiger charge is 2.44. The molecular formula is C67H123NO10. The fourth-order valence-electron chi connectivity index (χ4n) is 10.2. The van der Waals surface area contributed by atoms with E-state index < -0.39 is 49.5 Å². The number of aliphatic hydroxyl groups is 5. The maximum absolute atomic E-state index is 13.1. The molecule has 0 spiro atoms. The number of esters is 1. The molecule has 11 nitrogen and oxygen atoms in total. The van der Waals surface area contributed by atoms with Crippen molar-refractivity contribution in [3.8, 4) is 0 Å². The summed E-state index contributed by atoms with van der Waals surface area (Å²) in [6.07, 6.45) is 62.0. The molecule has 1 rings (SSSR count). The molecule has 11 heteroatoms. The first kappa shape index (κ1) is 73.6. The molecule has 1 heterocycles. The number of aliphatic hydroxyl groups excluding tert-OH is 5. The van der Waals surface area contributed by atoms with E-state index in [1.54, 1.807) is 6.08 Å². The van der Waals surface area contributed by atoms with E-state index in [2.05, 4.69) is 55.6 Å². The second-order valence-corrected chi connectivity index (χ2v) is 22.8. The van der Waals surface area contributed by atoms with Crippen molar-refractivity contribution in [1.29, 1.82) is 0 Å². The van der Waals surface area contributed by atoms with Gasteiger partial charge in [0.15, 0.2) is 6.29 Å².